The van der Waals surface area contributed by atoms with E-state index in [9.17, 15) is 0 Å². The Balaban J connectivity index is 1.50. The van der Waals surface area contributed by atoms with E-state index in [1.807, 2.05) is 36.4 Å². The lowest BCUT2D eigenvalue weighted by molar-refractivity contribution is 0.418. The fraction of sp³-hybridized carbons (Fsp3) is 0.0526. The van der Waals surface area contributed by atoms with Crippen LogP contribution < -0.4 is 46.0 Å². The van der Waals surface area contributed by atoms with Crippen LogP contribution in [0.3, 0.4) is 0 Å². The van der Waals surface area contributed by atoms with Crippen molar-refractivity contribution in [2.75, 3.05) is 14.2 Å². The molecule has 0 aliphatic heterocycles. The largest absolute Gasteiger partial charge is 0.496 e. The van der Waals surface area contributed by atoms with Gasteiger partial charge in [0, 0.05) is 21.2 Å². The molecule has 6 rings (SSSR count). The van der Waals surface area contributed by atoms with Gasteiger partial charge in [-0.05, 0) is 50.7 Å². The molecule has 0 unspecified atom stereocenters. The van der Waals surface area contributed by atoms with Gasteiger partial charge >= 0.3 is 0 Å². The van der Waals surface area contributed by atoms with Crippen molar-refractivity contribution in [1.29, 1.82) is 0 Å². The van der Waals surface area contributed by atoms with Gasteiger partial charge in [-0.25, -0.2) is 0 Å². The van der Waals surface area contributed by atoms with Gasteiger partial charge in [0.15, 0.2) is 0 Å². The Bertz CT molecular complexity index is 1660. The molecule has 0 aromatic heterocycles. The molecular formula is C38H32O3P2. The van der Waals surface area contributed by atoms with Crippen LogP contribution in [0.2, 0.25) is 0 Å². The topological polar surface area (TPSA) is 27.7 Å². The SMILES string of the molecule is COc1ccccc1[P@@](c1ccccc1)c1ccccc1Oc1ccccc1[P@@](c1ccccc1)c1ccccc1OC. The van der Waals surface area contributed by atoms with Crippen molar-refractivity contribution in [3.63, 3.8) is 0 Å². The Morgan fingerprint density at radius 1 is 0.326 bits per heavy atom. The third-order valence-corrected chi connectivity index (χ3v) is 12.1. The summed E-state index contributed by atoms with van der Waals surface area (Å²) in [4.78, 5) is 0. The van der Waals surface area contributed by atoms with Crippen molar-refractivity contribution >= 4 is 47.7 Å². The monoisotopic (exact) mass is 598 g/mol. The van der Waals surface area contributed by atoms with Gasteiger partial charge < -0.3 is 14.2 Å². The molecule has 0 fully saturated rings. The van der Waals surface area contributed by atoms with Crippen LogP contribution in [0.15, 0.2) is 158 Å². The van der Waals surface area contributed by atoms with E-state index >= 15 is 0 Å². The van der Waals surface area contributed by atoms with Gasteiger partial charge in [0.2, 0.25) is 0 Å². The molecule has 0 aliphatic rings. The van der Waals surface area contributed by atoms with E-state index in [0.29, 0.717) is 0 Å². The first-order chi connectivity index (χ1) is 21.3. The molecule has 212 valence electrons. The smallest absolute Gasteiger partial charge is 0.135 e. The molecule has 43 heavy (non-hydrogen) atoms. The highest BCUT2D eigenvalue weighted by Crippen LogP contribution is 2.43. The molecule has 3 nitrogen and oxygen atoms in total. The summed E-state index contributed by atoms with van der Waals surface area (Å²) < 4.78 is 18.7. The van der Waals surface area contributed by atoms with Crippen LogP contribution in [0, 0.1) is 0 Å². The van der Waals surface area contributed by atoms with Gasteiger partial charge in [0.25, 0.3) is 0 Å². The molecule has 0 spiro atoms. The summed E-state index contributed by atoms with van der Waals surface area (Å²) in [6.07, 6.45) is 0. The number of benzene rings is 6. The van der Waals surface area contributed by atoms with Gasteiger partial charge in [0.1, 0.15) is 23.0 Å². The van der Waals surface area contributed by atoms with Crippen molar-refractivity contribution in [3.8, 4) is 23.0 Å². The summed E-state index contributed by atoms with van der Waals surface area (Å²) in [5, 5.41) is 7.01. The van der Waals surface area contributed by atoms with Crippen LogP contribution in [0.25, 0.3) is 0 Å². The molecule has 5 heteroatoms. The maximum absolute atomic E-state index is 6.99. The minimum absolute atomic E-state index is 0.832. The van der Waals surface area contributed by atoms with E-state index in [1.54, 1.807) is 14.2 Å². The average molecular weight is 599 g/mol. The number of ether oxygens (including phenoxy) is 3. The second-order valence-corrected chi connectivity index (χ2v) is 14.0. The maximum Gasteiger partial charge on any atom is 0.135 e. The van der Waals surface area contributed by atoms with Crippen molar-refractivity contribution < 1.29 is 14.2 Å². The van der Waals surface area contributed by atoms with E-state index in [-0.39, 0.29) is 0 Å². The first-order valence-electron chi connectivity index (χ1n) is 14.1. The summed E-state index contributed by atoms with van der Waals surface area (Å²) in [6, 6.07) is 54.7. The summed E-state index contributed by atoms with van der Waals surface area (Å²) in [6.45, 7) is 0. The second kappa shape index (κ2) is 13.7. The number of para-hydroxylation sites is 4. The highest BCUT2D eigenvalue weighted by atomic mass is 31.1. The van der Waals surface area contributed by atoms with E-state index in [0.717, 1.165) is 44.2 Å². The minimum atomic E-state index is -0.975. The fourth-order valence-electron chi connectivity index (χ4n) is 5.17. The minimum Gasteiger partial charge on any atom is -0.496 e. The zero-order valence-electron chi connectivity index (χ0n) is 24.1. The number of hydrogen-bond donors (Lipinski definition) is 0. The molecule has 6 aromatic rings. The van der Waals surface area contributed by atoms with Crippen LogP contribution in [0.1, 0.15) is 0 Å². The third kappa shape index (κ3) is 6.20. The van der Waals surface area contributed by atoms with Gasteiger partial charge in [-0.15, -0.1) is 0 Å². The first kappa shape index (κ1) is 28.7. The molecular weight excluding hydrogens is 566 g/mol. The summed E-state index contributed by atoms with van der Waals surface area (Å²) in [5.41, 5.74) is 0. The molecule has 6 aromatic carbocycles. The fourth-order valence-corrected chi connectivity index (χ4v) is 10.1. The summed E-state index contributed by atoms with van der Waals surface area (Å²) in [7, 11) is 1.52. The van der Waals surface area contributed by atoms with Crippen LogP contribution in [-0.4, -0.2) is 14.2 Å². The normalized spacial score (nSPS) is 12.2. The maximum atomic E-state index is 6.99. The van der Waals surface area contributed by atoms with Gasteiger partial charge in [-0.1, -0.05) is 133 Å². The lowest BCUT2D eigenvalue weighted by atomic mass is 10.3. The van der Waals surface area contributed by atoms with Crippen molar-refractivity contribution in [3.05, 3.63) is 158 Å². The lowest BCUT2D eigenvalue weighted by Crippen LogP contribution is -2.25. The summed E-state index contributed by atoms with van der Waals surface area (Å²) >= 11 is 0. The Morgan fingerprint density at radius 2 is 0.605 bits per heavy atom. The van der Waals surface area contributed by atoms with Crippen LogP contribution in [0.4, 0.5) is 0 Å². The summed E-state index contributed by atoms with van der Waals surface area (Å²) in [5.74, 6) is 3.41. The quantitative estimate of drug-likeness (QED) is 0.159. The van der Waals surface area contributed by atoms with E-state index in [2.05, 4.69) is 121 Å². The zero-order chi connectivity index (χ0) is 29.4. The van der Waals surface area contributed by atoms with E-state index < -0.39 is 15.8 Å². The Kier molecular flexibility index (Phi) is 9.14. The Labute approximate surface area is 256 Å². The molecule has 0 amide bonds. The van der Waals surface area contributed by atoms with Crippen LogP contribution in [0.5, 0.6) is 23.0 Å². The van der Waals surface area contributed by atoms with Crippen molar-refractivity contribution in [1.82, 2.24) is 0 Å². The molecule has 0 radical (unpaired) electrons. The predicted molar refractivity (Wildman–Crippen MR) is 183 cm³/mol. The van der Waals surface area contributed by atoms with Crippen molar-refractivity contribution in [2.24, 2.45) is 0 Å². The number of hydrogen-bond acceptors (Lipinski definition) is 3. The molecule has 0 heterocycles. The number of rotatable bonds is 10. The molecule has 0 N–H and O–H groups in total. The van der Waals surface area contributed by atoms with E-state index in [1.165, 1.54) is 10.6 Å². The molecule has 0 saturated carbocycles. The van der Waals surface area contributed by atoms with E-state index in [4.69, 9.17) is 14.2 Å². The zero-order valence-corrected chi connectivity index (χ0v) is 25.9. The molecule has 2 atom stereocenters. The first-order valence-corrected chi connectivity index (χ1v) is 16.8. The highest BCUT2D eigenvalue weighted by Gasteiger charge is 2.26. The Hall–Kier alpha value is -4.42. The second-order valence-electron chi connectivity index (χ2n) is 9.72. The van der Waals surface area contributed by atoms with Gasteiger partial charge in [-0.3, -0.25) is 0 Å². The molecule has 0 saturated heterocycles. The third-order valence-electron chi connectivity index (χ3n) is 7.11. The van der Waals surface area contributed by atoms with Gasteiger partial charge in [-0.2, -0.15) is 0 Å². The predicted octanol–water partition coefficient (Wildman–Crippen LogP) is 7.01. The standard InChI is InChI=1S/C38H32O3P2/c1-39-31-21-9-13-25-35(31)42(29-17-5-3-6-18-29)37-27-15-11-23-33(37)41-34-24-12-16-28-38(34)43(30-19-7-4-8-20-30)36-26-14-10-22-32(36)40-2/h3-28H,1-2H3/t42-,43+. The average Bonchev–Trinajstić information content (AvgIpc) is 3.08. The Morgan fingerprint density at radius 3 is 0.953 bits per heavy atom. The highest BCUT2D eigenvalue weighted by molar-refractivity contribution is 7.80. The lowest BCUT2D eigenvalue weighted by Gasteiger charge is -2.26. The van der Waals surface area contributed by atoms with Crippen LogP contribution in [-0.2, 0) is 0 Å². The van der Waals surface area contributed by atoms with Gasteiger partial charge in [0.05, 0.1) is 14.2 Å². The van der Waals surface area contributed by atoms with Crippen LogP contribution >= 0.6 is 15.8 Å². The molecule has 0 aliphatic carbocycles. The number of methoxy groups -OCH3 is 2. The molecule has 0 bridgehead atoms. The van der Waals surface area contributed by atoms with Crippen molar-refractivity contribution in [2.45, 2.75) is 0 Å².